The van der Waals surface area contributed by atoms with Crippen LogP contribution in [0.1, 0.15) is 18.9 Å². The van der Waals surface area contributed by atoms with Crippen molar-refractivity contribution in [3.8, 4) is 11.6 Å². The maximum Gasteiger partial charge on any atom is 0.271 e. The number of hydrogen-bond donors (Lipinski definition) is 1. The molecule has 0 aliphatic heterocycles. The molecule has 1 N–H and O–H groups in total. The Morgan fingerprint density at radius 3 is 2.59 bits per heavy atom. The van der Waals surface area contributed by atoms with Gasteiger partial charge in [0.2, 0.25) is 5.88 Å². The van der Waals surface area contributed by atoms with Gasteiger partial charge in [-0.1, -0.05) is 36.7 Å². The molecule has 0 radical (unpaired) electrons. The first-order valence-corrected chi connectivity index (χ1v) is 9.40. The molecule has 3 rings (SSSR count). The van der Waals surface area contributed by atoms with Crippen molar-refractivity contribution in [1.29, 1.82) is 0 Å². The van der Waals surface area contributed by atoms with E-state index < -0.39 is 17.5 Å². The van der Waals surface area contributed by atoms with Gasteiger partial charge in [0, 0.05) is 23.7 Å². The van der Waals surface area contributed by atoms with E-state index in [0.717, 1.165) is 10.2 Å². The van der Waals surface area contributed by atoms with Crippen LogP contribution in [-0.2, 0) is 11.3 Å². The summed E-state index contributed by atoms with van der Waals surface area (Å²) in [7, 11) is 0. The van der Waals surface area contributed by atoms with E-state index >= 15 is 0 Å². The minimum Gasteiger partial charge on any atom is -0.463 e. The first-order valence-electron chi connectivity index (χ1n) is 9.02. The number of amides is 1. The Kier molecular flexibility index (Phi) is 6.61. The molecule has 1 aromatic heterocycles. The summed E-state index contributed by atoms with van der Waals surface area (Å²) in [5.74, 6) is -0.641. The Labute approximate surface area is 171 Å². The van der Waals surface area contributed by atoms with Crippen LogP contribution in [0.25, 0.3) is 5.69 Å². The summed E-state index contributed by atoms with van der Waals surface area (Å²) in [4.78, 5) is 24.6. The fraction of sp³-hybridized carbons (Fsp3) is 0.190. The molecular formula is C21H19ClFN3O3. The molecule has 3 aromatic rings. The summed E-state index contributed by atoms with van der Waals surface area (Å²) >= 11 is 6.10. The summed E-state index contributed by atoms with van der Waals surface area (Å²) in [6.07, 6.45) is -0.407. The number of aromatic nitrogens is 2. The molecule has 0 fully saturated rings. The second-order valence-electron chi connectivity index (χ2n) is 6.22. The molecule has 0 saturated carbocycles. The second-order valence-corrected chi connectivity index (χ2v) is 6.63. The van der Waals surface area contributed by atoms with Crippen molar-refractivity contribution in [2.45, 2.75) is 26.0 Å². The molecule has 0 saturated heterocycles. The van der Waals surface area contributed by atoms with Crippen LogP contribution in [0.5, 0.6) is 5.88 Å². The Balaban J connectivity index is 1.72. The molecule has 6 nitrogen and oxygen atoms in total. The molecule has 0 aliphatic rings. The third kappa shape index (κ3) is 5.20. The van der Waals surface area contributed by atoms with Crippen LogP contribution < -0.4 is 15.6 Å². The van der Waals surface area contributed by atoms with E-state index in [1.165, 1.54) is 36.4 Å². The fourth-order valence-electron chi connectivity index (χ4n) is 2.63. The van der Waals surface area contributed by atoms with E-state index in [4.69, 9.17) is 16.3 Å². The van der Waals surface area contributed by atoms with E-state index in [0.29, 0.717) is 17.1 Å². The van der Waals surface area contributed by atoms with Gasteiger partial charge < -0.3 is 10.1 Å². The molecule has 150 valence electrons. The van der Waals surface area contributed by atoms with Crippen LogP contribution in [0.4, 0.5) is 4.39 Å². The van der Waals surface area contributed by atoms with Gasteiger partial charge in [0.15, 0.2) is 6.10 Å². The third-order valence-electron chi connectivity index (χ3n) is 4.18. The predicted octanol–water partition coefficient (Wildman–Crippen LogP) is 3.50. The highest BCUT2D eigenvalue weighted by Crippen LogP contribution is 2.15. The minimum absolute atomic E-state index is 0.105. The van der Waals surface area contributed by atoms with Crippen molar-refractivity contribution in [3.63, 3.8) is 0 Å². The Bertz CT molecular complexity index is 1050. The smallest absolute Gasteiger partial charge is 0.271 e. The van der Waals surface area contributed by atoms with Gasteiger partial charge in [-0.15, -0.1) is 5.10 Å². The molecule has 1 heterocycles. The highest BCUT2D eigenvalue weighted by Gasteiger charge is 2.19. The largest absolute Gasteiger partial charge is 0.463 e. The number of carbonyl (C=O) groups excluding carboxylic acids is 1. The van der Waals surface area contributed by atoms with Crippen LogP contribution in [0.2, 0.25) is 5.02 Å². The topological polar surface area (TPSA) is 73.2 Å². The number of nitrogens with one attached hydrogen (secondary N) is 1. The maximum absolute atomic E-state index is 13.1. The predicted molar refractivity (Wildman–Crippen MR) is 108 cm³/mol. The molecule has 29 heavy (non-hydrogen) atoms. The summed E-state index contributed by atoms with van der Waals surface area (Å²) in [5.41, 5.74) is 0.776. The molecule has 2 aromatic carbocycles. The zero-order valence-corrected chi connectivity index (χ0v) is 16.4. The van der Waals surface area contributed by atoms with Gasteiger partial charge in [0.05, 0.1) is 5.69 Å². The van der Waals surface area contributed by atoms with E-state index in [-0.39, 0.29) is 18.3 Å². The van der Waals surface area contributed by atoms with E-state index in [9.17, 15) is 14.0 Å². The highest BCUT2D eigenvalue weighted by molar-refractivity contribution is 6.31. The number of ether oxygens (including phenoxy) is 1. The Morgan fingerprint density at radius 1 is 1.17 bits per heavy atom. The number of carbonyl (C=O) groups is 1. The fourth-order valence-corrected chi connectivity index (χ4v) is 2.83. The summed E-state index contributed by atoms with van der Waals surface area (Å²) in [5, 5.41) is 7.49. The molecular weight excluding hydrogens is 397 g/mol. The number of halogens is 2. The van der Waals surface area contributed by atoms with Crippen LogP contribution in [0, 0.1) is 5.82 Å². The standard InChI is InChI=1S/C21H19ClFN3O3/c1-2-18(21(28)24-13-14-5-3-4-6-17(14)22)29-19-11-12-20(27)26(25-19)16-9-7-15(23)8-10-16/h3-12,18H,2,13H2,1H3,(H,24,28)/t18-/m0/s1. The van der Waals surface area contributed by atoms with Crippen molar-refractivity contribution in [2.24, 2.45) is 0 Å². The van der Waals surface area contributed by atoms with Gasteiger partial charge in [-0.3, -0.25) is 9.59 Å². The van der Waals surface area contributed by atoms with Gasteiger partial charge >= 0.3 is 0 Å². The maximum atomic E-state index is 13.1. The molecule has 0 spiro atoms. The minimum atomic E-state index is -0.802. The van der Waals surface area contributed by atoms with Crippen LogP contribution in [0.15, 0.2) is 65.5 Å². The van der Waals surface area contributed by atoms with Crippen LogP contribution >= 0.6 is 11.6 Å². The van der Waals surface area contributed by atoms with Crippen molar-refractivity contribution < 1.29 is 13.9 Å². The van der Waals surface area contributed by atoms with Crippen molar-refractivity contribution in [2.75, 3.05) is 0 Å². The SMILES string of the molecule is CC[C@H](Oc1ccc(=O)n(-c2ccc(F)cc2)n1)C(=O)NCc1ccccc1Cl. The normalized spacial score (nSPS) is 11.7. The van der Waals surface area contributed by atoms with Gasteiger partial charge in [0.25, 0.3) is 11.5 Å². The first kappa shape index (κ1) is 20.5. The number of nitrogens with zero attached hydrogens (tertiary/aromatic N) is 2. The highest BCUT2D eigenvalue weighted by atomic mass is 35.5. The lowest BCUT2D eigenvalue weighted by atomic mass is 10.2. The molecule has 1 amide bonds. The lowest BCUT2D eigenvalue weighted by Gasteiger charge is -2.17. The number of rotatable bonds is 7. The number of benzene rings is 2. The summed E-state index contributed by atoms with van der Waals surface area (Å²) in [6, 6.07) is 15.2. The summed E-state index contributed by atoms with van der Waals surface area (Å²) < 4.78 is 19.9. The third-order valence-corrected chi connectivity index (χ3v) is 4.55. The van der Waals surface area contributed by atoms with Gasteiger partial charge in [0.1, 0.15) is 5.82 Å². The quantitative estimate of drug-likeness (QED) is 0.641. The van der Waals surface area contributed by atoms with Crippen LogP contribution in [-0.4, -0.2) is 21.8 Å². The average Bonchev–Trinajstić information content (AvgIpc) is 2.73. The van der Waals surface area contributed by atoms with Crippen molar-refractivity contribution in [1.82, 2.24) is 15.1 Å². The van der Waals surface area contributed by atoms with E-state index in [2.05, 4.69) is 10.4 Å². The zero-order chi connectivity index (χ0) is 20.8. The van der Waals surface area contributed by atoms with Gasteiger partial charge in [-0.05, 0) is 42.3 Å². The lowest BCUT2D eigenvalue weighted by Crippen LogP contribution is -2.38. The van der Waals surface area contributed by atoms with Gasteiger partial charge in [-0.25, -0.2) is 4.39 Å². The molecule has 8 heteroatoms. The van der Waals surface area contributed by atoms with Crippen molar-refractivity contribution in [3.05, 3.63) is 87.4 Å². The Morgan fingerprint density at radius 2 is 1.90 bits per heavy atom. The van der Waals surface area contributed by atoms with Crippen LogP contribution in [0.3, 0.4) is 0 Å². The first-order chi connectivity index (χ1) is 14.0. The molecule has 1 atom stereocenters. The van der Waals surface area contributed by atoms with E-state index in [1.807, 2.05) is 18.2 Å². The number of hydrogen-bond acceptors (Lipinski definition) is 4. The van der Waals surface area contributed by atoms with Crippen molar-refractivity contribution >= 4 is 17.5 Å². The van der Waals surface area contributed by atoms with E-state index in [1.54, 1.807) is 13.0 Å². The Hall–Kier alpha value is -3.19. The molecule has 0 bridgehead atoms. The molecule has 0 unspecified atom stereocenters. The second kappa shape index (κ2) is 9.34. The monoisotopic (exact) mass is 415 g/mol. The summed E-state index contributed by atoms with van der Waals surface area (Å²) in [6.45, 7) is 2.07. The van der Waals surface area contributed by atoms with Gasteiger partial charge in [-0.2, -0.15) is 4.68 Å². The zero-order valence-electron chi connectivity index (χ0n) is 15.6. The lowest BCUT2D eigenvalue weighted by molar-refractivity contribution is -0.128. The average molecular weight is 416 g/mol. The molecule has 0 aliphatic carbocycles.